The molecule has 0 bridgehead atoms. The van der Waals surface area contributed by atoms with Crippen molar-refractivity contribution in [2.75, 3.05) is 5.43 Å². The molecule has 1 saturated carbocycles. The van der Waals surface area contributed by atoms with E-state index in [9.17, 15) is 4.79 Å². The predicted molar refractivity (Wildman–Crippen MR) is 96.4 cm³/mol. The van der Waals surface area contributed by atoms with E-state index in [1.54, 1.807) is 0 Å². The monoisotopic (exact) mass is 322 g/mol. The van der Waals surface area contributed by atoms with Crippen LogP contribution in [-0.2, 0) is 11.4 Å². The van der Waals surface area contributed by atoms with Gasteiger partial charge in [-0.2, -0.15) is 5.10 Å². The quantitative estimate of drug-likeness (QED) is 0.648. The highest BCUT2D eigenvalue weighted by Crippen LogP contribution is 2.18. The number of nitrogens with zero attached hydrogens (tertiary/aromatic N) is 1. The summed E-state index contributed by atoms with van der Waals surface area (Å²) < 4.78 is 5.76. The molecule has 1 aliphatic rings. The maximum atomic E-state index is 11.9. The van der Waals surface area contributed by atoms with E-state index >= 15 is 0 Å². The molecule has 1 aliphatic carbocycles. The van der Waals surface area contributed by atoms with Crippen LogP contribution < -0.4 is 10.2 Å². The summed E-state index contributed by atoms with van der Waals surface area (Å²) in [5.41, 5.74) is 5.64. The number of carbonyl (C=O) groups is 1. The third kappa shape index (κ3) is 4.69. The number of ether oxygens (including phenoxy) is 1. The Labute approximate surface area is 142 Å². The highest BCUT2D eigenvalue weighted by atomic mass is 16.5. The van der Waals surface area contributed by atoms with Crippen LogP contribution in [0.2, 0.25) is 0 Å². The summed E-state index contributed by atoms with van der Waals surface area (Å²) in [5, 5.41) is 4.29. The summed E-state index contributed by atoms with van der Waals surface area (Å²) in [4.78, 5) is 11.9. The summed E-state index contributed by atoms with van der Waals surface area (Å²) >= 11 is 0. The van der Waals surface area contributed by atoms with Crippen LogP contribution in [0.3, 0.4) is 0 Å². The van der Waals surface area contributed by atoms with Crippen LogP contribution in [0.15, 0.2) is 59.7 Å². The zero-order chi connectivity index (χ0) is 16.6. The Morgan fingerprint density at radius 3 is 2.46 bits per heavy atom. The van der Waals surface area contributed by atoms with Crippen LogP contribution in [0, 0.1) is 0 Å². The molecule has 0 unspecified atom stereocenters. The van der Waals surface area contributed by atoms with Gasteiger partial charge in [-0.25, -0.2) is 0 Å². The Balaban J connectivity index is 1.55. The Bertz CT molecular complexity index is 693. The number of ketones is 1. The Hall–Kier alpha value is -2.62. The molecule has 0 spiro atoms. The number of anilines is 1. The molecule has 2 aromatic carbocycles. The number of carbonyl (C=O) groups excluding carboxylic acids is 1. The minimum atomic E-state index is 0.169. The number of hydrogen-bond acceptors (Lipinski definition) is 4. The molecule has 1 fully saturated rings. The zero-order valence-electron chi connectivity index (χ0n) is 13.7. The van der Waals surface area contributed by atoms with Crippen molar-refractivity contribution < 1.29 is 9.53 Å². The molecule has 0 radical (unpaired) electrons. The highest BCUT2D eigenvalue weighted by molar-refractivity contribution is 6.40. The average Bonchev–Trinajstić information content (AvgIpc) is 2.84. The van der Waals surface area contributed by atoms with Crippen molar-refractivity contribution in [3.8, 4) is 5.75 Å². The van der Waals surface area contributed by atoms with Gasteiger partial charge in [0.05, 0.1) is 5.69 Å². The molecule has 1 N–H and O–H groups in total. The first-order valence-corrected chi connectivity index (χ1v) is 8.44. The van der Waals surface area contributed by atoms with Gasteiger partial charge in [0.2, 0.25) is 0 Å². The Morgan fingerprint density at radius 2 is 1.67 bits per heavy atom. The molecule has 0 aliphatic heterocycles. The average molecular weight is 322 g/mol. The maximum absolute atomic E-state index is 11.9. The lowest BCUT2D eigenvalue weighted by atomic mass is 10.1. The van der Waals surface area contributed by atoms with Gasteiger partial charge in [-0.05, 0) is 49.1 Å². The predicted octanol–water partition coefficient (Wildman–Crippen LogP) is 4.57. The van der Waals surface area contributed by atoms with Gasteiger partial charge in [-0.1, -0.05) is 36.8 Å². The lowest BCUT2D eigenvalue weighted by Gasteiger charge is -2.08. The minimum Gasteiger partial charge on any atom is -0.489 e. The summed E-state index contributed by atoms with van der Waals surface area (Å²) in [6, 6.07) is 17.7. The molecule has 24 heavy (non-hydrogen) atoms. The van der Waals surface area contributed by atoms with Crippen molar-refractivity contribution in [3.05, 3.63) is 60.2 Å². The topological polar surface area (TPSA) is 50.7 Å². The van der Waals surface area contributed by atoms with Gasteiger partial charge >= 0.3 is 0 Å². The van der Waals surface area contributed by atoms with Gasteiger partial charge in [-0.15, -0.1) is 0 Å². The van der Waals surface area contributed by atoms with Crippen LogP contribution in [-0.4, -0.2) is 11.5 Å². The van der Waals surface area contributed by atoms with Gasteiger partial charge in [-0.3, -0.25) is 10.2 Å². The van der Waals surface area contributed by atoms with Crippen molar-refractivity contribution >= 4 is 17.2 Å². The number of hydrazone groups is 1. The van der Waals surface area contributed by atoms with Crippen molar-refractivity contribution in [2.45, 2.75) is 38.7 Å². The number of nitrogens with one attached hydrogen (secondary N) is 1. The van der Waals surface area contributed by atoms with Crippen molar-refractivity contribution in [1.82, 2.24) is 0 Å². The van der Waals surface area contributed by atoms with E-state index in [1.807, 2.05) is 54.6 Å². The van der Waals surface area contributed by atoms with Crippen molar-refractivity contribution in [3.63, 3.8) is 0 Å². The molecule has 0 saturated heterocycles. The van der Waals surface area contributed by atoms with E-state index in [1.165, 1.54) is 0 Å². The van der Waals surface area contributed by atoms with Crippen LogP contribution in [0.1, 0.15) is 37.7 Å². The molecule has 124 valence electrons. The second-order valence-corrected chi connectivity index (χ2v) is 5.95. The molecule has 4 heteroatoms. The summed E-state index contributed by atoms with van der Waals surface area (Å²) in [5.74, 6) is 0.977. The minimum absolute atomic E-state index is 0.169. The van der Waals surface area contributed by atoms with E-state index in [-0.39, 0.29) is 5.78 Å². The summed E-state index contributed by atoms with van der Waals surface area (Å²) in [6.45, 7) is 0.546. The number of benzene rings is 2. The van der Waals surface area contributed by atoms with E-state index in [0.717, 1.165) is 42.7 Å². The number of Topliss-reactive ketones (excluding diaryl/α,β-unsaturated/α-hetero) is 1. The molecular weight excluding hydrogens is 300 g/mol. The first-order chi connectivity index (χ1) is 11.8. The second kappa shape index (κ2) is 8.29. The van der Waals surface area contributed by atoms with Crippen LogP contribution in [0.4, 0.5) is 5.69 Å². The fourth-order valence-corrected chi connectivity index (χ4v) is 2.66. The van der Waals surface area contributed by atoms with Gasteiger partial charge < -0.3 is 4.74 Å². The molecule has 0 aromatic heterocycles. The van der Waals surface area contributed by atoms with Gasteiger partial charge in [0.1, 0.15) is 18.1 Å². The van der Waals surface area contributed by atoms with E-state index in [0.29, 0.717) is 18.7 Å². The lowest BCUT2D eigenvalue weighted by molar-refractivity contribution is -0.113. The SMILES string of the molecule is O=C1CCCCC/C1=N\Nc1ccc(OCc2ccccc2)cc1. The summed E-state index contributed by atoms with van der Waals surface area (Å²) in [6.07, 6.45) is 4.51. The fourth-order valence-electron chi connectivity index (χ4n) is 2.66. The first kappa shape index (κ1) is 16.2. The third-order valence-electron chi connectivity index (χ3n) is 4.06. The standard InChI is InChI=1S/C20H22N2O2/c23-20-10-6-2-5-9-19(20)22-21-17-11-13-18(14-12-17)24-15-16-7-3-1-4-8-16/h1,3-4,7-8,11-14,21H,2,5-6,9-10,15H2/b22-19+. The van der Waals surface area contributed by atoms with E-state index in [2.05, 4.69) is 10.5 Å². The van der Waals surface area contributed by atoms with Crippen LogP contribution in [0.5, 0.6) is 5.75 Å². The molecule has 3 rings (SSSR count). The van der Waals surface area contributed by atoms with Gasteiger partial charge in [0, 0.05) is 6.42 Å². The van der Waals surface area contributed by atoms with Crippen LogP contribution >= 0.6 is 0 Å². The Kier molecular flexibility index (Phi) is 5.61. The first-order valence-electron chi connectivity index (χ1n) is 8.44. The Morgan fingerprint density at radius 1 is 0.917 bits per heavy atom. The maximum Gasteiger partial charge on any atom is 0.178 e. The molecular formula is C20H22N2O2. The molecule has 2 aromatic rings. The van der Waals surface area contributed by atoms with Crippen molar-refractivity contribution in [2.24, 2.45) is 5.10 Å². The zero-order valence-corrected chi connectivity index (χ0v) is 13.7. The molecule has 0 heterocycles. The second-order valence-electron chi connectivity index (χ2n) is 5.95. The van der Waals surface area contributed by atoms with Crippen LogP contribution in [0.25, 0.3) is 0 Å². The fraction of sp³-hybridized carbons (Fsp3) is 0.300. The molecule has 0 atom stereocenters. The normalized spacial score (nSPS) is 16.7. The van der Waals surface area contributed by atoms with Gasteiger partial charge in [0.25, 0.3) is 0 Å². The molecule has 0 amide bonds. The van der Waals surface area contributed by atoms with Gasteiger partial charge in [0.15, 0.2) is 5.78 Å². The third-order valence-corrected chi connectivity index (χ3v) is 4.06. The van der Waals surface area contributed by atoms with E-state index in [4.69, 9.17) is 4.74 Å². The lowest BCUT2D eigenvalue weighted by Crippen LogP contribution is -2.13. The number of rotatable bonds is 5. The smallest absolute Gasteiger partial charge is 0.178 e. The van der Waals surface area contributed by atoms with Crippen molar-refractivity contribution in [1.29, 1.82) is 0 Å². The molecule has 4 nitrogen and oxygen atoms in total. The number of hydrogen-bond donors (Lipinski definition) is 1. The summed E-state index contributed by atoms with van der Waals surface area (Å²) in [7, 11) is 0. The largest absolute Gasteiger partial charge is 0.489 e. The highest BCUT2D eigenvalue weighted by Gasteiger charge is 2.14. The van der Waals surface area contributed by atoms with E-state index < -0.39 is 0 Å².